The number of hydrogen-bond acceptors (Lipinski definition) is 14. The summed E-state index contributed by atoms with van der Waals surface area (Å²) >= 11 is 0. The predicted octanol–water partition coefficient (Wildman–Crippen LogP) is -0.142. The summed E-state index contributed by atoms with van der Waals surface area (Å²) in [5, 5.41) is 9.87. The number of carbonyl (C=O) groups excluding carboxylic acids is 1. The third-order valence-electron chi connectivity index (χ3n) is 7.95. The minimum atomic E-state index is -0.0752. The maximum Gasteiger partial charge on any atom is 0.241 e. The molecule has 240 valence electrons. The van der Waals surface area contributed by atoms with Crippen LogP contribution in [0.15, 0.2) is 0 Å². The highest BCUT2D eigenvalue weighted by atomic mass is 16.5. The Hall–Kier alpha value is -3.11. The van der Waals surface area contributed by atoms with Gasteiger partial charge in [-0.3, -0.25) is 4.79 Å². The minimum absolute atomic E-state index is 0.00381. The normalized spacial score (nSPS) is 16.4. The van der Waals surface area contributed by atoms with E-state index in [0.717, 1.165) is 25.9 Å². The standard InChI is InChI=1S/C28H47N9O6/c1-33-10-11-37(20-22(33)39)26-24-23(29-27(32-26)35(12-16-38)13-17-40-2)25(34-8-6-21(43-5)7-9-34)31-28(30-24)36(14-18-41-3)15-19-42-4/h21,38H,6-20H2,1-5H3. The second kappa shape index (κ2) is 16.1. The molecule has 1 N–H and O–H groups in total. The average Bonchev–Trinajstić information content (AvgIpc) is 3.03. The van der Waals surface area contributed by atoms with Crippen molar-refractivity contribution in [2.45, 2.75) is 18.9 Å². The number of anilines is 4. The van der Waals surface area contributed by atoms with Crippen LogP contribution in [0.5, 0.6) is 0 Å². The Kier molecular flexibility index (Phi) is 12.3. The van der Waals surface area contributed by atoms with Gasteiger partial charge in [0.05, 0.1) is 39.1 Å². The number of hydrogen-bond donors (Lipinski definition) is 1. The van der Waals surface area contributed by atoms with Crippen LogP contribution < -0.4 is 19.6 Å². The molecule has 4 heterocycles. The summed E-state index contributed by atoms with van der Waals surface area (Å²) in [5.74, 6) is 2.23. The Labute approximate surface area is 253 Å². The van der Waals surface area contributed by atoms with E-state index in [2.05, 4.69) is 4.90 Å². The number of fused-ring (bicyclic) bond motifs is 1. The third-order valence-corrected chi connectivity index (χ3v) is 7.95. The smallest absolute Gasteiger partial charge is 0.241 e. The lowest BCUT2D eigenvalue weighted by molar-refractivity contribution is -0.129. The van der Waals surface area contributed by atoms with Gasteiger partial charge in [0.2, 0.25) is 17.8 Å². The minimum Gasteiger partial charge on any atom is -0.395 e. The van der Waals surface area contributed by atoms with Gasteiger partial charge in [0.25, 0.3) is 0 Å². The fourth-order valence-corrected chi connectivity index (χ4v) is 5.28. The van der Waals surface area contributed by atoms with Crippen molar-refractivity contribution in [3.05, 3.63) is 0 Å². The zero-order valence-corrected chi connectivity index (χ0v) is 26.2. The number of amides is 1. The molecule has 2 aliphatic rings. The van der Waals surface area contributed by atoms with Crippen LogP contribution in [0.2, 0.25) is 0 Å². The summed E-state index contributed by atoms with van der Waals surface area (Å²) in [5.41, 5.74) is 1.18. The largest absolute Gasteiger partial charge is 0.395 e. The fraction of sp³-hybridized carbons (Fsp3) is 0.750. The monoisotopic (exact) mass is 605 g/mol. The second-order valence-corrected chi connectivity index (χ2v) is 10.7. The van der Waals surface area contributed by atoms with E-state index < -0.39 is 0 Å². The van der Waals surface area contributed by atoms with Crippen LogP contribution in [0.1, 0.15) is 12.8 Å². The van der Waals surface area contributed by atoms with E-state index in [0.29, 0.717) is 93.7 Å². The molecule has 0 radical (unpaired) electrons. The number of carbonyl (C=O) groups is 1. The number of likely N-dealkylation sites (N-methyl/N-ethyl adjacent to an activating group) is 1. The summed E-state index contributed by atoms with van der Waals surface area (Å²) in [6, 6.07) is 0. The van der Waals surface area contributed by atoms with E-state index in [1.54, 1.807) is 33.3 Å². The predicted molar refractivity (Wildman–Crippen MR) is 164 cm³/mol. The number of methoxy groups -OCH3 is 4. The first-order valence-electron chi connectivity index (χ1n) is 14.9. The van der Waals surface area contributed by atoms with E-state index in [1.165, 1.54) is 0 Å². The van der Waals surface area contributed by atoms with Gasteiger partial charge in [-0.1, -0.05) is 0 Å². The lowest BCUT2D eigenvalue weighted by Gasteiger charge is -2.35. The molecule has 0 aliphatic carbocycles. The highest BCUT2D eigenvalue weighted by molar-refractivity contribution is 5.96. The Balaban J connectivity index is 1.93. The van der Waals surface area contributed by atoms with Crippen molar-refractivity contribution in [1.29, 1.82) is 0 Å². The molecular weight excluding hydrogens is 558 g/mol. The molecule has 0 atom stereocenters. The van der Waals surface area contributed by atoms with Crippen LogP contribution in [0.3, 0.4) is 0 Å². The molecule has 4 rings (SSSR count). The Morgan fingerprint density at radius 2 is 1.26 bits per heavy atom. The lowest BCUT2D eigenvalue weighted by atomic mass is 10.1. The molecule has 0 bridgehead atoms. The number of nitrogens with zero attached hydrogens (tertiary/aromatic N) is 9. The van der Waals surface area contributed by atoms with Crippen LogP contribution in [0.25, 0.3) is 11.0 Å². The molecule has 2 aliphatic heterocycles. The van der Waals surface area contributed by atoms with Crippen LogP contribution in [0.4, 0.5) is 23.5 Å². The van der Waals surface area contributed by atoms with Crippen molar-refractivity contribution in [2.75, 3.05) is 140 Å². The molecule has 0 spiro atoms. The first kappa shape index (κ1) is 32.8. The van der Waals surface area contributed by atoms with Crippen molar-refractivity contribution in [1.82, 2.24) is 24.8 Å². The summed E-state index contributed by atoms with van der Waals surface area (Å²) in [7, 11) is 8.53. The molecule has 0 aromatic carbocycles. The summed E-state index contributed by atoms with van der Waals surface area (Å²) in [6.45, 7) is 6.10. The molecular formula is C28H47N9O6. The maximum absolute atomic E-state index is 12.9. The van der Waals surface area contributed by atoms with Gasteiger partial charge in [-0.05, 0) is 12.8 Å². The van der Waals surface area contributed by atoms with Gasteiger partial charge in [0.15, 0.2) is 11.6 Å². The fourth-order valence-electron chi connectivity index (χ4n) is 5.28. The molecule has 1 amide bonds. The van der Waals surface area contributed by atoms with Crippen LogP contribution in [-0.2, 0) is 23.7 Å². The SMILES string of the molecule is COCCN(CCO)c1nc(N2CCN(C)C(=O)C2)c2nc(N(CCOC)CCOC)nc(N3CCC(OC)CC3)c2n1. The highest BCUT2D eigenvalue weighted by Gasteiger charge is 2.30. The Morgan fingerprint density at radius 3 is 1.72 bits per heavy atom. The van der Waals surface area contributed by atoms with Gasteiger partial charge in [-0.2, -0.15) is 9.97 Å². The molecule has 0 saturated carbocycles. The van der Waals surface area contributed by atoms with E-state index in [1.807, 2.05) is 21.7 Å². The van der Waals surface area contributed by atoms with Gasteiger partial charge >= 0.3 is 0 Å². The molecule has 15 heteroatoms. The zero-order chi connectivity index (χ0) is 30.8. The van der Waals surface area contributed by atoms with Crippen molar-refractivity contribution < 1.29 is 28.8 Å². The van der Waals surface area contributed by atoms with Crippen molar-refractivity contribution in [2.24, 2.45) is 0 Å². The van der Waals surface area contributed by atoms with Gasteiger partial charge in [0, 0.05) is 87.8 Å². The molecule has 2 fully saturated rings. The van der Waals surface area contributed by atoms with Gasteiger partial charge < -0.3 is 48.6 Å². The quantitative estimate of drug-likeness (QED) is 0.271. The number of piperidine rings is 1. The maximum atomic E-state index is 12.9. The first-order valence-corrected chi connectivity index (χ1v) is 14.9. The van der Waals surface area contributed by atoms with Crippen LogP contribution in [0, 0.1) is 0 Å². The zero-order valence-electron chi connectivity index (χ0n) is 26.2. The third kappa shape index (κ3) is 8.09. The molecule has 15 nitrogen and oxygen atoms in total. The average molecular weight is 606 g/mol. The number of aliphatic hydroxyl groups is 1. The molecule has 43 heavy (non-hydrogen) atoms. The summed E-state index contributed by atoms with van der Waals surface area (Å²) < 4.78 is 21.8. The molecule has 2 aromatic rings. The Morgan fingerprint density at radius 1 is 0.744 bits per heavy atom. The second-order valence-electron chi connectivity index (χ2n) is 10.7. The van der Waals surface area contributed by atoms with E-state index >= 15 is 0 Å². The summed E-state index contributed by atoms with van der Waals surface area (Å²) in [4.78, 5) is 42.9. The molecule has 2 saturated heterocycles. The number of piperazine rings is 1. The number of aromatic nitrogens is 4. The number of aliphatic hydroxyl groups excluding tert-OH is 1. The van der Waals surface area contributed by atoms with Gasteiger partial charge in [0.1, 0.15) is 11.0 Å². The first-order chi connectivity index (χ1) is 20.9. The van der Waals surface area contributed by atoms with Crippen LogP contribution in [-0.4, -0.2) is 163 Å². The van der Waals surface area contributed by atoms with Gasteiger partial charge in [-0.15, -0.1) is 0 Å². The molecule has 0 unspecified atom stereocenters. The van der Waals surface area contributed by atoms with Crippen LogP contribution >= 0.6 is 0 Å². The van der Waals surface area contributed by atoms with Crippen molar-refractivity contribution in [3.63, 3.8) is 0 Å². The lowest BCUT2D eigenvalue weighted by Crippen LogP contribution is -2.49. The van der Waals surface area contributed by atoms with Gasteiger partial charge in [-0.25, -0.2) is 9.97 Å². The van der Waals surface area contributed by atoms with E-state index in [9.17, 15) is 9.90 Å². The number of rotatable bonds is 16. The van der Waals surface area contributed by atoms with E-state index in [-0.39, 0.29) is 25.2 Å². The highest BCUT2D eigenvalue weighted by Crippen LogP contribution is 2.34. The molecule has 2 aromatic heterocycles. The summed E-state index contributed by atoms with van der Waals surface area (Å²) in [6.07, 6.45) is 1.91. The number of ether oxygens (including phenoxy) is 4. The topological polar surface area (TPSA) is 142 Å². The van der Waals surface area contributed by atoms with Crippen molar-refractivity contribution >= 4 is 40.5 Å². The van der Waals surface area contributed by atoms with E-state index in [4.69, 9.17) is 38.9 Å². The Bertz CT molecular complexity index is 1180. The van der Waals surface area contributed by atoms with Crippen molar-refractivity contribution in [3.8, 4) is 0 Å².